The molecule has 0 aromatic heterocycles. The molecule has 0 heterocycles. The molecule has 0 radical (unpaired) electrons. The summed E-state index contributed by atoms with van der Waals surface area (Å²) < 4.78 is 5.23. The monoisotopic (exact) mass is 373 g/mol. The molecular formula is C20H20ClNO4. The van der Waals surface area contributed by atoms with Gasteiger partial charge in [0, 0.05) is 22.7 Å². The molecule has 0 atom stereocenters. The molecule has 0 fully saturated rings. The van der Waals surface area contributed by atoms with E-state index < -0.39 is 5.97 Å². The second kappa shape index (κ2) is 8.54. The molecule has 1 amide bonds. The molecule has 0 unspecified atom stereocenters. The zero-order valence-corrected chi connectivity index (χ0v) is 15.4. The maximum atomic E-state index is 13.0. The summed E-state index contributed by atoms with van der Waals surface area (Å²) in [7, 11) is 1.53. The van der Waals surface area contributed by atoms with Crippen molar-refractivity contribution in [1.82, 2.24) is 0 Å². The molecule has 0 spiro atoms. The molecule has 0 saturated heterocycles. The number of nitrogens with zero attached hydrogens (tertiary/aromatic N) is 1. The molecule has 0 saturated carbocycles. The number of halogens is 1. The van der Waals surface area contributed by atoms with Crippen LogP contribution in [-0.2, 0) is 11.2 Å². The summed E-state index contributed by atoms with van der Waals surface area (Å²) in [5.74, 6) is -0.588. The van der Waals surface area contributed by atoms with E-state index in [9.17, 15) is 9.59 Å². The molecule has 5 nitrogen and oxygen atoms in total. The van der Waals surface area contributed by atoms with Crippen molar-refractivity contribution in [2.75, 3.05) is 12.0 Å². The quantitative estimate of drug-likeness (QED) is 0.773. The third-order valence-corrected chi connectivity index (χ3v) is 4.06. The lowest BCUT2D eigenvalue weighted by molar-refractivity contribution is -0.136. The minimum atomic E-state index is -0.912. The molecule has 2 aromatic carbocycles. The number of hydrogen-bond donors (Lipinski definition) is 1. The van der Waals surface area contributed by atoms with Gasteiger partial charge in [0.2, 0.25) is 0 Å². The number of aryl methyl sites for hydroxylation is 1. The fraction of sp³-hybridized carbons (Fsp3) is 0.200. The average molecular weight is 374 g/mol. The van der Waals surface area contributed by atoms with Gasteiger partial charge in [-0.05, 0) is 61.4 Å². The van der Waals surface area contributed by atoms with Crippen molar-refractivity contribution in [1.29, 1.82) is 0 Å². The second-order valence-corrected chi connectivity index (χ2v) is 6.21. The van der Waals surface area contributed by atoms with Crippen molar-refractivity contribution >= 4 is 29.2 Å². The summed E-state index contributed by atoms with van der Waals surface area (Å²) in [5.41, 5.74) is 2.25. The predicted molar refractivity (Wildman–Crippen MR) is 102 cm³/mol. The number of aliphatic carboxylic acids is 1. The zero-order valence-electron chi connectivity index (χ0n) is 14.7. The topological polar surface area (TPSA) is 66.8 Å². The largest absolute Gasteiger partial charge is 0.497 e. The predicted octanol–water partition coefficient (Wildman–Crippen LogP) is 4.55. The molecule has 2 rings (SSSR count). The van der Waals surface area contributed by atoms with Crippen molar-refractivity contribution in [3.05, 3.63) is 70.9 Å². The highest BCUT2D eigenvalue weighted by atomic mass is 35.5. The van der Waals surface area contributed by atoms with Gasteiger partial charge in [0.1, 0.15) is 5.75 Å². The van der Waals surface area contributed by atoms with Crippen LogP contribution in [-0.4, -0.2) is 24.1 Å². The maximum Gasteiger partial charge on any atom is 0.303 e. The van der Waals surface area contributed by atoms with E-state index in [0.29, 0.717) is 33.3 Å². The lowest BCUT2D eigenvalue weighted by Crippen LogP contribution is -2.29. The van der Waals surface area contributed by atoms with Gasteiger partial charge < -0.3 is 9.84 Å². The Morgan fingerprint density at radius 1 is 1.19 bits per heavy atom. The van der Waals surface area contributed by atoms with E-state index in [-0.39, 0.29) is 18.7 Å². The van der Waals surface area contributed by atoms with Gasteiger partial charge in [-0.3, -0.25) is 14.5 Å². The summed E-state index contributed by atoms with van der Waals surface area (Å²) in [6, 6.07) is 11.8. The molecular weight excluding hydrogens is 354 g/mol. The zero-order chi connectivity index (χ0) is 19.3. The summed E-state index contributed by atoms with van der Waals surface area (Å²) in [6.45, 7) is 5.63. The summed E-state index contributed by atoms with van der Waals surface area (Å²) >= 11 is 5.89. The summed E-state index contributed by atoms with van der Waals surface area (Å²) in [6.07, 6.45) is 0.207. The Hall–Kier alpha value is -2.79. The lowest BCUT2D eigenvalue weighted by atomic mass is 10.0. The van der Waals surface area contributed by atoms with E-state index >= 15 is 0 Å². The SMILES string of the molecule is C=C(C)N(C(=O)c1ccc(Cl)cc1)c1ccc(OC)cc1CCC(=O)O. The van der Waals surface area contributed by atoms with E-state index in [1.54, 1.807) is 49.4 Å². The maximum absolute atomic E-state index is 13.0. The first kappa shape index (κ1) is 19.5. The van der Waals surface area contributed by atoms with Gasteiger partial charge in [0.05, 0.1) is 12.8 Å². The molecule has 0 aliphatic heterocycles. The third kappa shape index (κ3) is 4.64. The number of allylic oxidation sites excluding steroid dienone is 1. The Kier molecular flexibility index (Phi) is 6.41. The van der Waals surface area contributed by atoms with Gasteiger partial charge in [-0.25, -0.2) is 0 Å². The van der Waals surface area contributed by atoms with Gasteiger partial charge >= 0.3 is 5.97 Å². The fourth-order valence-electron chi connectivity index (χ4n) is 2.56. The molecule has 0 aliphatic carbocycles. The van der Waals surface area contributed by atoms with Crippen molar-refractivity contribution in [2.24, 2.45) is 0 Å². The molecule has 26 heavy (non-hydrogen) atoms. The number of rotatable bonds is 7. The Bertz CT molecular complexity index is 830. The van der Waals surface area contributed by atoms with Crippen LogP contribution < -0.4 is 9.64 Å². The number of benzene rings is 2. The van der Waals surface area contributed by atoms with Crippen LogP contribution in [0, 0.1) is 0 Å². The van der Waals surface area contributed by atoms with Gasteiger partial charge in [0.25, 0.3) is 5.91 Å². The number of hydrogen-bond acceptors (Lipinski definition) is 3. The van der Waals surface area contributed by atoms with Crippen molar-refractivity contribution in [3.63, 3.8) is 0 Å². The van der Waals surface area contributed by atoms with Gasteiger partial charge in [0.15, 0.2) is 0 Å². The second-order valence-electron chi connectivity index (χ2n) is 5.77. The number of carbonyl (C=O) groups is 2. The van der Waals surface area contributed by atoms with Crippen LogP contribution in [0.5, 0.6) is 5.75 Å². The Morgan fingerprint density at radius 3 is 2.38 bits per heavy atom. The van der Waals surface area contributed by atoms with Crippen LogP contribution in [0.1, 0.15) is 29.3 Å². The Morgan fingerprint density at radius 2 is 1.85 bits per heavy atom. The van der Waals surface area contributed by atoms with E-state index in [1.807, 2.05) is 0 Å². The lowest BCUT2D eigenvalue weighted by Gasteiger charge is -2.26. The molecule has 1 N–H and O–H groups in total. The van der Waals surface area contributed by atoms with Crippen LogP contribution in [0.15, 0.2) is 54.7 Å². The number of anilines is 1. The van der Waals surface area contributed by atoms with E-state index in [1.165, 1.54) is 12.0 Å². The number of carbonyl (C=O) groups excluding carboxylic acids is 1. The number of ether oxygens (including phenoxy) is 1. The Balaban J connectivity index is 2.48. The average Bonchev–Trinajstić information content (AvgIpc) is 2.61. The molecule has 6 heteroatoms. The van der Waals surface area contributed by atoms with E-state index in [0.717, 1.165) is 0 Å². The Labute approximate surface area is 157 Å². The van der Waals surface area contributed by atoms with Crippen LogP contribution in [0.2, 0.25) is 5.02 Å². The standard InChI is InChI=1S/C20H20ClNO4/c1-13(2)22(20(25)14-4-7-16(21)8-5-14)18-10-9-17(26-3)12-15(18)6-11-19(23)24/h4-5,7-10,12H,1,6,11H2,2-3H3,(H,23,24). The van der Waals surface area contributed by atoms with Crippen LogP contribution >= 0.6 is 11.6 Å². The molecule has 0 bridgehead atoms. The van der Waals surface area contributed by atoms with Gasteiger partial charge in [-0.2, -0.15) is 0 Å². The van der Waals surface area contributed by atoms with Crippen molar-refractivity contribution < 1.29 is 19.4 Å². The molecule has 2 aromatic rings. The molecule has 136 valence electrons. The number of carboxylic acids is 1. The first-order valence-electron chi connectivity index (χ1n) is 7.97. The highest BCUT2D eigenvalue weighted by Gasteiger charge is 2.22. The highest BCUT2D eigenvalue weighted by molar-refractivity contribution is 6.30. The third-order valence-electron chi connectivity index (χ3n) is 3.81. The van der Waals surface area contributed by atoms with Crippen LogP contribution in [0.4, 0.5) is 5.69 Å². The normalized spacial score (nSPS) is 10.3. The first-order valence-corrected chi connectivity index (χ1v) is 8.35. The summed E-state index contributed by atoms with van der Waals surface area (Å²) in [4.78, 5) is 25.5. The van der Waals surface area contributed by atoms with E-state index in [2.05, 4.69) is 6.58 Å². The minimum Gasteiger partial charge on any atom is -0.497 e. The highest BCUT2D eigenvalue weighted by Crippen LogP contribution is 2.30. The van der Waals surface area contributed by atoms with Gasteiger partial charge in [-0.1, -0.05) is 18.2 Å². The number of methoxy groups -OCH3 is 1. The fourth-order valence-corrected chi connectivity index (χ4v) is 2.68. The number of amides is 1. The van der Waals surface area contributed by atoms with Crippen LogP contribution in [0.25, 0.3) is 0 Å². The van der Waals surface area contributed by atoms with E-state index in [4.69, 9.17) is 21.4 Å². The minimum absolute atomic E-state index is 0.0562. The first-order chi connectivity index (χ1) is 12.3. The van der Waals surface area contributed by atoms with Crippen molar-refractivity contribution in [3.8, 4) is 5.75 Å². The van der Waals surface area contributed by atoms with Gasteiger partial charge in [-0.15, -0.1) is 0 Å². The van der Waals surface area contributed by atoms with Crippen LogP contribution in [0.3, 0.4) is 0 Å². The summed E-state index contributed by atoms with van der Waals surface area (Å²) in [5, 5.41) is 9.55. The van der Waals surface area contributed by atoms with Crippen molar-refractivity contribution in [2.45, 2.75) is 19.8 Å². The molecule has 0 aliphatic rings. The number of carboxylic acid groups (broad SMARTS) is 1. The smallest absolute Gasteiger partial charge is 0.303 e.